The van der Waals surface area contributed by atoms with Crippen molar-refractivity contribution in [2.45, 2.75) is 6.92 Å². The molecule has 2 heterocycles. The lowest BCUT2D eigenvalue weighted by Crippen LogP contribution is -2.14. The highest BCUT2D eigenvalue weighted by Crippen LogP contribution is 2.15. The van der Waals surface area contributed by atoms with Crippen molar-refractivity contribution < 1.29 is 14.6 Å². The largest absolute Gasteiger partial charge is 0.493 e. The summed E-state index contributed by atoms with van der Waals surface area (Å²) in [4.78, 5) is 25.2. The van der Waals surface area contributed by atoms with E-state index in [1.165, 1.54) is 20.2 Å². The molecule has 0 amide bonds. The minimum Gasteiger partial charge on any atom is -0.493 e. The van der Waals surface area contributed by atoms with Crippen molar-refractivity contribution in [2.24, 2.45) is 0 Å². The predicted octanol–water partition coefficient (Wildman–Crippen LogP) is -0.177. The SMILES string of the molecule is COC(=O)c1cnn2c(O)c(C)c(=O)[nH]c12. The van der Waals surface area contributed by atoms with E-state index >= 15 is 0 Å². The lowest BCUT2D eigenvalue weighted by Gasteiger charge is -2.01. The Kier molecular flexibility index (Phi) is 2.15. The Balaban J connectivity index is 2.84. The fourth-order valence-corrected chi connectivity index (χ4v) is 1.35. The molecular weight excluding hydrogens is 214 g/mol. The molecule has 0 aliphatic carbocycles. The molecule has 0 aliphatic heterocycles. The second kappa shape index (κ2) is 3.37. The van der Waals surface area contributed by atoms with E-state index in [0.717, 1.165) is 4.52 Å². The molecule has 0 unspecified atom stereocenters. The molecule has 7 heteroatoms. The zero-order chi connectivity index (χ0) is 11.9. The van der Waals surface area contributed by atoms with E-state index in [1.54, 1.807) is 0 Å². The van der Waals surface area contributed by atoms with Crippen LogP contribution < -0.4 is 5.56 Å². The molecule has 0 aromatic carbocycles. The maximum Gasteiger partial charge on any atom is 0.343 e. The van der Waals surface area contributed by atoms with Gasteiger partial charge in [0.1, 0.15) is 5.56 Å². The first-order valence-electron chi connectivity index (χ1n) is 4.44. The molecule has 2 rings (SSSR count). The molecule has 0 radical (unpaired) electrons. The fourth-order valence-electron chi connectivity index (χ4n) is 1.35. The third kappa shape index (κ3) is 1.25. The number of ether oxygens (including phenoxy) is 1. The van der Waals surface area contributed by atoms with Gasteiger partial charge in [0, 0.05) is 0 Å². The summed E-state index contributed by atoms with van der Waals surface area (Å²) in [7, 11) is 1.22. The summed E-state index contributed by atoms with van der Waals surface area (Å²) in [6.45, 7) is 1.45. The topological polar surface area (TPSA) is 96.7 Å². The van der Waals surface area contributed by atoms with Gasteiger partial charge in [-0.05, 0) is 6.92 Å². The number of aromatic hydroxyl groups is 1. The molecule has 2 aromatic heterocycles. The van der Waals surface area contributed by atoms with Crippen LogP contribution >= 0.6 is 0 Å². The summed E-state index contributed by atoms with van der Waals surface area (Å²) >= 11 is 0. The second-order valence-corrected chi connectivity index (χ2v) is 3.21. The van der Waals surface area contributed by atoms with Crippen molar-refractivity contribution in [3.63, 3.8) is 0 Å². The van der Waals surface area contributed by atoms with Gasteiger partial charge in [-0.3, -0.25) is 4.79 Å². The average molecular weight is 223 g/mol. The predicted molar refractivity (Wildman–Crippen MR) is 53.6 cm³/mol. The van der Waals surface area contributed by atoms with E-state index < -0.39 is 11.5 Å². The molecule has 16 heavy (non-hydrogen) atoms. The number of fused-ring (bicyclic) bond motifs is 1. The van der Waals surface area contributed by atoms with Crippen LogP contribution in [0.15, 0.2) is 11.0 Å². The van der Waals surface area contributed by atoms with Crippen molar-refractivity contribution in [3.8, 4) is 5.88 Å². The average Bonchev–Trinajstić information content (AvgIpc) is 2.68. The highest BCUT2D eigenvalue weighted by molar-refractivity contribution is 5.95. The summed E-state index contributed by atoms with van der Waals surface area (Å²) < 4.78 is 5.59. The molecule has 0 spiro atoms. The standard InChI is InChI=1S/C9H9N3O4/c1-4-7(13)11-6-5(9(15)16-2)3-10-12(6)8(4)14/h3,14H,1-2H3,(H,11,13). The number of hydrogen-bond donors (Lipinski definition) is 2. The quantitative estimate of drug-likeness (QED) is 0.654. The van der Waals surface area contributed by atoms with E-state index in [2.05, 4.69) is 14.8 Å². The Morgan fingerprint density at radius 2 is 2.31 bits per heavy atom. The summed E-state index contributed by atoms with van der Waals surface area (Å²) in [6, 6.07) is 0. The molecule has 0 fully saturated rings. The molecule has 84 valence electrons. The van der Waals surface area contributed by atoms with Crippen molar-refractivity contribution >= 4 is 11.6 Å². The number of carbonyl (C=O) groups is 1. The van der Waals surface area contributed by atoms with Crippen LogP contribution in [0.4, 0.5) is 0 Å². The number of aromatic nitrogens is 3. The van der Waals surface area contributed by atoms with Gasteiger partial charge in [0.15, 0.2) is 5.65 Å². The van der Waals surface area contributed by atoms with Gasteiger partial charge in [-0.15, -0.1) is 0 Å². The van der Waals surface area contributed by atoms with Crippen molar-refractivity contribution in [2.75, 3.05) is 7.11 Å². The first-order chi connectivity index (χ1) is 7.56. The van der Waals surface area contributed by atoms with Crippen LogP contribution in [0.2, 0.25) is 0 Å². The molecule has 2 N–H and O–H groups in total. The summed E-state index contributed by atoms with van der Waals surface area (Å²) in [5.74, 6) is -0.928. The van der Waals surface area contributed by atoms with Crippen LogP contribution in [0.25, 0.3) is 5.65 Å². The molecule has 0 bridgehead atoms. The van der Waals surface area contributed by atoms with Crippen LogP contribution in [0.3, 0.4) is 0 Å². The number of aromatic amines is 1. The maximum absolute atomic E-state index is 11.4. The highest BCUT2D eigenvalue weighted by atomic mass is 16.5. The Labute approximate surface area is 89.3 Å². The van der Waals surface area contributed by atoms with E-state index in [0.29, 0.717) is 0 Å². The number of H-pyrrole nitrogens is 1. The van der Waals surface area contributed by atoms with Gasteiger partial charge < -0.3 is 14.8 Å². The number of nitrogens with one attached hydrogen (secondary N) is 1. The van der Waals surface area contributed by atoms with Gasteiger partial charge in [-0.1, -0.05) is 0 Å². The monoisotopic (exact) mass is 223 g/mol. The molecule has 7 nitrogen and oxygen atoms in total. The molecule has 0 atom stereocenters. The number of esters is 1. The van der Waals surface area contributed by atoms with Gasteiger partial charge in [0.25, 0.3) is 5.56 Å². The number of hydrogen-bond acceptors (Lipinski definition) is 5. The third-order valence-electron chi connectivity index (χ3n) is 2.28. The van der Waals surface area contributed by atoms with E-state index in [1.807, 2.05) is 0 Å². The highest BCUT2D eigenvalue weighted by Gasteiger charge is 2.17. The summed E-state index contributed by atoms with van der Waals surface area (Å²) in [5.41, 5.74) is -0.141. The maximum atomic E-state index is 11.4. The number of methoxy groups -OCH3 is 1. The molecular formula is C9H9N3O4. The van der Waals surface area contributed by atoms with Crippen LogP contribution in [0.1, 0.15) is 15.9 Å². The lowest BCUT2D eigenvalue weighted by molar-refractivity contribution is 0.0602. The van der Waals surface area contributed by atoms with Gasteiger partial charge in [0.05, 0.1) is 18.9 Å². The first-order valence-corrected chi connectivity index (χ1v) is 4.44. The minimum absolute atomic E-state index is 0.0925. The molecule has 0 saturated carbocycles. The minimum atomic E-state index is -0.631. The van der Waals surface area contributed by atoms with Gasteiger partial charge in [-0.2, -0.15) is 9.61 Å². The Morgan fingerprint density at radius 1 is 1.62 bits per heavy atom. The van der Waals surface area contributed by atoms with Crippen LogP contribution in [-0.2, 0) is 4.74 Å². The number of nitrogens with zero attached hydrogens (tertiary/aromatic N) is 2. The second-order valence-electron chi connectivity index (χ2n) is 3.21. The Hall–Kier alpha value is -2.31. The normalized spacial score (nSPS) is 10.6. The molecule has 0 aliphatic rings. The third-order valence-corrected chi connectivity index (χ3v) is 2.28. The van der Waals surface area contributed by atoms with Crippen LogP contribution in [0.5, 0.6) is 5.88 Å². The summed E-state index contributed by atoms with van der Waals surface area (Å²) in [6.07, 6.45) is 1.22. The van der Waals surface area contributed by atoms with Gasteiger partial charge in [-0.25, -0.2) is 4.79 Å². The van der Waals surface area contributed by atoms with Crippen molar-refractivity contribution in [1.82, 2.24) is 14.6 Å². The lowest BCUT2D eigenvalue weighted by atomic mass is 10.3. The fraction of sp³-hybridized carbons (Fsp3) is 0.222. The summed E-state index contributed by atoms with van der Waals surface area (Å²) in [5, 5.41) is 13.4. The molecule has 2 aromatic rings. The van der Waals surface area contributed by atoms with Gasteiger partial charge >= 0.3 is 5.97 Å². The first kappa shape index (κ1) is 10.2. The van der Waals surface area contributed by atoms with Crippen molar-refractivity contribution in [3.05, 3.63) is 27.7 Å². The van der Waals surface area contributed by atoms with E-state index in [4.69, 9.17) is 0 Å². The van der Waals surface area contributed by atoms with E-state index in [9.17, 15) is 14.7 Å². The Morgan fingerprint density at radius 3 is 2.94 bits per heavy atom. The Bertz CT molecular complexity index is 625. The number of rotatable bonds is 1. The van der Waals surface area contributed by atoms with Crippen LogP contribution in [0, 0.1) is 6.92 Å². The molecule has 0 saturated heterocycles. The van der Waals surface area contributed by atoms with E-state index in [-0.39, 0.29) is 22.7 Å². The number of carbonyl (C=O) groups excluding carboxylic acids is 1. The zero-order valence-corrected chi connectivity index (χ0v) is 8.64. The zero-order valence-electron chi connectivity index (χ0n) is 8.64. The van der Waals surface area contributed by atoms with Crippen LogP contribution in [-0.4, -0.2) is 32.8 Å². The van der Waals surface area contributed by atoms with Crippen molar-refractivity contribution in [1.29, 1.82) is 0 Å². The smallest absolute Gasteiger partial charge is 0.343 e. The van der Waals surface area contributed by atoms with Gasteiger partial charge in [0.2, 0.25) is 5.88 Å².